The molecule has 1 heterocycles. The first kappa shape index (κ1) is 13.2. The molecule has 0 saturated carbocycles. The van der Waals surface area contributed by atoms with Crippen molar-refractivity contribution >= 4 is 22.6 Å². The quantitative estimate of drug-likeness (QED) is 0.801. The van der Waals surface area contributed by atoms with E-state index in [1.54, 1.807) is 4.68 Å². The Bertz CT molecular complexity index is 767. The van der Waals surface area contributed by atoms with Crippen molar-refractivity contribution in [1.29, 1.82) is 0 Å². The second-order valence-corrected chi connectivity index (χ2v) is 4.61. The second-order valence-electron chi connectivity index (χ2n) is 4.61. The van der Waals surface area contributed by atoms with Crippen LogP contribution in [-0.4, -0.2) is 20.9 Å². The Labute approximate surface area is 120 Å². The summed E-state index contributed by atoms with van der Waals surface area (Å²) in [6, 6.07) is 13.2. The van der Waals surface area contributed by atoms with E-state index in [0.717, 1.165) is 11.0 Å². The molecule has 3 rings (SSSR count). The summed E-state index contributed by atoms with van der Waals surface area (Å²) in [4.78, 5) is 11.9. The van der Waals surface area contributed by atoms with Crippen LogP contribution in [0.2, 0.25) is 0 Å². The van der Waals surface area contributed by atoms with Gasteiger partial charge in [0.2, 0.25) is 5.91 Å². The number of para-hydroxylation sites is 1. The minimum Gasteiger partial charge on any atom is -0.326 e. The molecule has 1 amide bonds. The van der Waals surface area contributed by atoms with Crippen LogP contribution in [0.3, 0.4) is 0 Å². The van der Waals surface area contributed by atoms with Gasteiger partial charge in [-0.25, -0.2) is 9.07 Å². The zero-order valence-electron chi connectivity index (χ0n) is 11.2. The Morgan fingerprint density at radius 2 is 1.90 bits per heavy atom. The molecule has 0 aliphatic rings. The maximum absolute atomic E-state index is 12.8. The largest absolute Gasteiger partial charge is 0.326 e. The van der Waals surface area contributed by atoms with E-state index in [1.165, 1.54) is 24.3 Å². The summed E-state index contributed by atoms with van der Waals surface area (Å²) >= 11 is 0. The van der Waals surface area contributed by atoms with Gasteiger partial charge in [0.15, 0.2) is 0 Å². The number of anilines is 1. The molecule has 6 heteroatoms. The number of nitrogens with zero attached hydrogens (tertiary/aromatic N) is 3. The third kappa shape index (κ3) is 3.05. The van der Waals surface area contributed by atoms with Gasteiger partial charge < -0.3 is 5.32 Å². The summed E-state index contributed by atoms with van der Waals surface area (Å²) in [6.45, 7) is 0.438. The van der Waals surface area contributed by atoms with Gasteiger partial charge in [-0.15, -0.1) is 5.10 Å². The van der Waals surface area contributed by atoms with Gasteiger partial charge in [-0.1, -0.05) is 17.3 Å². The topological polar surface area (TPSA) is 59.8 Å². The first-order valence-corrected chi connectivity index (χ1v) is 6.56. The van der Waals surface area contributed by atoms with Crippen LogP contribution in [0.1, 0.15) is 6.42 Å². The summed E-state index contributed by atoms with van der Waals surface area (Å²) in [7, 11) is 0. The van der Waals surface area contributed by atoms with Crippen molar-refractivity contribution in [2.75, 3.05) is 5.32 Å². The van der Waals surface area contributed by atoms with E-state index in [4.69, 9.17) is 0 Å². The Morgan fingerprint density at radius 1 is 1.14 bits per heavy atom. The van der Waals surface area contributed by atoms with Crippen LogP contribution in [-0.2, 0) is 11.3 Å². The molecule has 0 unspecified atom stereocenters. The highest BCUT2D eigenvalue weighted by molar-refractivity contribution is 5.90. The SMILES string of the molecule is O=C(CCn1nnc2ccccc21)Nc1ccc(F)cc1. The van der Waals surface area contributed by atoms with Gasteiger partial charge in [0, 0.05) is 12.1 Å². The van der Waals surface area contributed by atoms with Crippen LogP contribution in [0.5, 0.6) is 0 Å². The monoisotopic (exact) mass is 284 g/mol. The van der Waals surface area contributed by atoms with Crippen molar-refractivity contribution in [3.8, 4) is 0 Å². The highest BCUT2D eigenvalue weighted by Crippen LogP contribution is 2.11. The zero-order chi connectivity index (χ0) is 14.7. The maximum Gasteiger partial charge on any atom is 0.226 e. The first-order valence-electron chi connectivity index (χ1n) is 6.56. The summed E-state index contributed by atoms with van der Waals surface area (Å²) < 4.78 is 14.5. The number of amides is 1. The van der Waals surface area contributed by atoms with E-state index in [0.29, 0.717) is 12.2 Å². The van der Waals surface area contributed by atoms with Gasteiger partial charge in [-0.05, 0) is 36.4 Å². The molecular weight excluding hydrogens is 271 g/mol. The van der Waals surface area contributed by atoms with E-state index < -0.39 is 0 Å². The van der Waals surface area contributed by atoms with Crippen molar-refractivity contribution in [1.82, 2.24) is 15.0 Å². The summed E-state index contributed by atoms with van der Waals surface area (Å²) in [5, 5.41) is 10.8. The molecule has 0 fully saturated rings. The van der Waals surface area contributed by atoms with Crippen molar-refractivity contribution < 1.29 is 9.18 Å². The number of aromatic nitrogens is 3. The van der Waals surface area contributed by atoms with Crippen molar-refractivity contribution in [2.24, 2.45) is 0 Å². The number of halogens is 1. The molecule has 0 bridgehead atoms. The molecule has 0 radical (unpaired) electrons. The van der Waals surface area contributed by atoms with E-state index in [-0.39, 0.29) is 18.1 Å². The lowest BCUT2D eigenvalue weighted by atomic mass is 10.3. The fourth-order valence-electron chi connectivity index (χ4n) is 2.05. The predicted octanol–water partition coefficient (Wildman–Crippen LogP) is 2.60. The number of hydrogen-bond acceptors (Lipinski definition) is 3. The smallest absolute Gasteiger partial charge is 0.226 e. The third-order valence-corrected chi connectivity index (χ3v) is 3.10. The summed E-state index contributed by atoms with van der Waals surface area (Å²) in [5.41, 5.74) is 2.27. The Hall–Kier alpha value is -2.76. The highest BCUT2D eigenvalue weighted by Gasteiger charge is 2.07. The highest BCUT2D eigenvalue weighted by atomic mass is 19.1. The fraction of sp³-hybridized carbons (Fsp3) is 0.133. The van der Waals surface area contributed by atoms with E-state index in [1.807, 2.05) is 24.3 Å². The van der Waals surface area contributed by atoms with Crippen LogP contribution in [0, 0.1) is 5.82 Å². The minimum absolute atomic E-state index is 0.152. The number of rotatable bonds is 4. The first-order chi connectivity index (χ1) is 10.2. The van der Waals surface area contributed by atoms with Crippen molar-refractivity contribution in [3.63, 3.8) is 0 Å². The standard InChI is InChI=1S/C15H13FN4O/c16-11-5-7-12(8-6-11)17-15(21)9-10-20-14-4-2-1-3-13(14)18-19-20/h1-8H,9-10H2,(H,17,21). The molecule has 0 aliphatic carbocycles. The summed E-state index contributed by atoms with van der Waals surface area (Å²) in [6.07, 6.45) is 0.269. The van der Waals surface area contributed by atoms with Gasteiger partial charge in [0.1, 0.15) is 11.3 Å². The molecule has 1 N–H and O–H groups in total. The van der Waals surface area contributed by atoms with Gasteiger partial charge in [-0.2, -0.15) is 0 Å². The van der Waals surface area contributed by atoms with Crippen LogP contribution in [0.25, 0.3) is 11.0 Å². The number of fused-ring (bicyclic) bond motifs is 1. The Morgan fingerprint density at radius 3 is 2.71 bits per heavy atom. The zero-order valence-corrected chi connectivity index (χ0v) is 11.2. The normalized spacial score (nSPS) is 10.7. The molecule has 0 aliphatic heterocycles. The fourth-order valence-corrected chi connectivity index (χ4v) is 2.05. The Kier molecular flexibility index (Phi) is 3.59. The lowest BCUT2D eigenvalue weighted by Gasteiger charge is -2.05. The molecule has 1 aromatic heterocycles. The molecule has 2 aromatic carbocycles. The van der Waals surface area contributed by atoms with E-state index in [2.05, 4.69) is 15.6 Å². The van der Waals surface area contributed by atoms with Gasteiger partial charge in [0.25, 0.3) is 0 Å². The minimum atomic E-state index is -0.331. The predicted molar refractivity (Wildman–Crippen MR) is 77.2 cm³/mol. The molecule has 106 valence electrons. The number of aryl methyl sites for hydroxylation is 1. The van der Waals surface area contributed by atoms with E-state index >= 15 is 0 Å². The lowest BCUT2D eigenvalue weighted by Crippen LogP contribution is -2.15. The summed E-state index contributed by atoms with van der Waals surface area (Å²) in [5.74, 6) is -0.483. The second kappa shape index (κ2) is 5.70. The molecule has 0 atom stereocenters. The molecule has 0 saturated heterocycles. The van der Waals surface area contributed by atoms with E-state index in [9.17, 15) is 9.18 Å². The maximum atomic E-state index is 12.8. The molecular formula is C15H13FN4O. The van der Waals surface area contributed by atoms with Gasteiger partial charge in [0.05, 0.1) is 12.1 Å². The van der Waals surface area contributed by atoms with Crippen LogP contribution in [0.4, 0.5) is 10.1 Å². The van der Waals surface area contributed by atoms with Gasteiger partial charge in [-0.3, -0.25) is 4.79 Å². The van der Waals surface area contributed by atoms with Crippen LogP contribution < -0.4 is 5.32 Å². The average molecular weight is 284 g/mol. The van der Waals surface area contributed by atoms with Gasteiger partial charge >= 0.3 is 0 Å². The van der Waals surface area contributed by atoms with Crippen LogP contribution in [0.15, 0.2) is 48.5 Å². The molecule has 0 spiro atoms. The lowest BCUT2D eigenvalue weighted by molar-refractivity contribution is -0.116. The molecule has 5 nitrogen and oxygen atoms in total. The average Bonchev–Trinajstić information content (AvgIpc) is 2.91. The number of nitrogens with one attached hydrogen (secondary N) is 1. The molecule has 21 heavy (non-hydrogen) atoms. The number of hydrogen-bond donors (Lipinski definition) is 1. The number of benzene rings is 2. The number of carbonyl (C=O) groups excluding carboxylic acids is 1. The van der Waals surface area contributed by atoms with Crippen molar-refractivity contribution in [2.45, 2.75) is 13.0 Å². The Balaban J connectivity index is 1.62. The molecule has 3 aromatic rings. The number of carbonyl (C=O) groups is 1. The third-order valence-electron chi connectivity index (χ3n) is 3.10. The van der Waals surface area contributed by atoms with Crippen molar-refractivity contribution in [3.05, 3.63) is 54.3 Å². The van der Waals surface area contributed by atoms with Crippen LogP contribution >= 0.6 is 0 Å².